The number of hydrogen-bond acceptors (Lipinski definition) is 4. The minimum atomic E-state index is -0.145. The SMILES string of the molecule is CCCC1(CCC)OC(CC2=N[C@H](C(C)C)C(CCC)(CCC)O2)=N[C@@H]1C(C)C. The van der Waals surface area contributed by atoms with E-state index in [1.54, 1.807) is 0 Å². The molecule has 0 N–H and O–H groups in total. The first-order chi connectivity index (χ1) is 13.8. The van der Waals surface area contributed by atoms with Gasteiger partial charge in [-0.3, -0.25) is 0 Å². The van der Waals surface area contributed by atoms with Crippen molar-refractivity contribution < 1.29 is 9.47 Å². The highest BCUT2D eigenvalue weighted by atomic mass is 16.5. The molecular formula is C25H46N2O2. The zero-order chi connectivity index (χ0) is 21.7. The van der Waals surface area contributed by atoms with Gasteiger partial charge in [0.15, 0.2) is 11.8 Å². The van der Waals surface area contributed by atoms with E-state index in [9.17, 15) is 0 Å². The Morgan fingerprint density at radius 2 is 0.966 bits per heavy atom. The van der Waals surface area contributed by atoms with Crippen LogP contribution >= 0.6 is 0 Å². The molecule has 0 radical (unpaired) electrons. The summed E-state index contributed by atoms with van der Waals surface area (Å²) in [6, 6.07) is 0.465. The molecule has 0 unspecified atom stereocenters. The van der Waals surface area contributed by atoms with Crippen LogP contribution in [0.1, 0.15) is 113 Å². The number of nitrogens with zero attached hydrogens (tertiary/aromatic N) is 2. The minimum absolute atomic E-state index is 0.145. The molecule has 0 fully saturated rings. The number of ether oxygens (including phenoxy) is 2. The first-order valence-corrected chi connectivity index (χ1v) is 12.3. The highest BCUT2D eigenvalue weighted by Crippen LogP contribution is 2.42. The summed E-state index contributed by atoms with van der Waals surface area (Å²) < 4.78 is 13.3. The van der Waals surface area contributed by atoms with E-state index in [0.29, 0.717) is 18.3 Å². The summed E-state index contributed by atoms with van der Waals surface area (Å²) in [6.45, 7) is 18.1. The maximum atomic E-state index is 6.64. The molecule has 4 nitrogen and oxygen atoms in total. The topological polar surface area (TPSA) is 43.2 Å². The molecule has 4 heteroatoms. The molecule has 0 bridgehead atoms. The largest absolute Gasteiger partial charge is 0.472 e. The third-order valence-corrected chi connectivity index (χ3v) is 6.54. The lowest BCUT2D eigenvalue weighted by molar-refractivity contribution is 0.0162. The third-order valence-electron chi connectivity index (χ3n) is 6.54. The fraction of sp³-hybridized carbons (Fsp3) is 0.920. The van der Waals surface area contributed by atoms with Crippen LogP contribution in [0.5, 0.6) is 0 Å². The first-order valence-electron chi connectivity index (χ1n) is 12.3. The number of hydrogen-bond donors (Lipinski definition) is 0. The second-order valence-electron chi connectivity index (χ2n) is 9.93. The van der Waals surface area contributed by atoms with Crippen LogP contribution in [-0.4, -0.2) is 35.1 Å². The Bertz CT molecular complexity index is 517. The molecule has 2 rings (SSSR count). The van der Waals surface area contributed by atoms with Gasteiger partial charge in [0.1, 0.15) is 11.2 Å². The van der Waals surface area contributed by atoms with E-state index in [-0.39, 0.29) is 23.3 Å². The smallest absolute Gasteiger partial charge is 0.193 e. The Kier molecular flexibility index (Phi) is 8.60. The quantitative estimate of drug-likeness (QED) is 0.351. The predicted octanol–water partition coefficient (Wildman–Crippen LogP) is 6.96. The van der Waals surface area contributed by atoms with Crippen LogP contribution < -0.4 is 0 Å². The molecule has 0 aromatic carbocycles. The number of aliphatic imine (C=N–C) groups is 2. The molecule has 0 aromatic rings. The molecule has 2 aliphatic heterocycles. The molecule has 0 saturated heterocycles. The molecule has 0 aromatic heterocycles. The Balaban J connectivity index is 2.24. The van der Waals surface area contributed by atoms with Gasteiger partial charge in [-0.1, -0.05) is 81.1 Å². The fourth-order valence-corrected chi connectivity index (χ4v) is 5.73. The van der Waals surface area contributed by atoms with Crippen molar-refractivity contribution in [1.82, 2.24) is 0 Å². The Morgan fingerprint density at radius 3 is 1.21 bits per heavy atom. The van der Waals surface area contributed by atoms with Crippen molar-refractivity contribution in [2.45, 2.75) is 136 Å². The molecule has 2 atom stereocenters. The van der Waals surface area contributed by atoms with Gasteiger partial charge in [0.05, 0.1) is 18.5 Å². The average molecular weight is 407 g/mol. The maximum absolute atomic E-state index is 6.64. The van der Waals surface area contributed by atoms with Crippen molar-refractivity contribution in [1.29, 1.82) is 0 Å². The summed E-state index contributed by atoms with van der Waals surface area (Å²) in [4.78, 5) is 10.2. The van der Waals surface area contributed by atoms with E-state index in [1.807, 2.05) is 0 Å². The van der Waals surface area contributed by atoms with Crippen LogP contribution in [0, 0.1) is 11.8 Å². The van der Waals surface area contributed by atoms with Crippen LogP contribution in [0.2, 0.25) is 0 Å². The fourth-order valence-electron chi connectivity index (χ4n) is 5.73. The molecular weight excluding hydrogens is 360 g/mol. The monoisotopic (exact) mass is 406 g/mol. The second kappa shape index (κ2) is 10.3. The summed E-state index contributed by atoms with van der Waals surface area (Å²) in [5.74, 6) is 2.63. The van der Waals surface area contributed by atoms with Crippen LogP contribution in [0.3, 0.4) is 0 Å². The van der Waals surface area contributed by atoms with Crippen molar-refractivity contribution in [3.8, 4) is 0 Å². The van der Waals surface area contributed by atoms with E-state index in [0.717, 1.165) is 63.2 Å². The molecule has 0 amide bonds. The van der Waals surface area contributed by atoms with Gasteiger partial charge in [0, 0.05) is 0 Å². The highest BCUT2D eigenvalue weighted by Gasteiger charge is 2.49. The van der Waals surface area contributed by atoms with Gasteiger partial charge in [-0.15, -0.1) is 0 Å². The zero-order valence-electron chi connectivity index (χ0n) is 20.4. The third kappa shape index (κ3) is 5.17. The first kappa shape index (κ1) is 24.2. The maximum Gasteiger partial charge on any atom is 0.193 e. The van der Waals surface area contributed by atoms with E-state index in [2.05, 4.69) is 55.4 Å². The van der Waals surface area contributed by atoms with Crippen molar-refractivity contribution in [3.63, 3.8) is 0 Å². The van der Waals surface area contributed by atoms with Crippen molar-refractivity contribution in [2.24, 2.45) is 21.8 Å². The molecule has 29 heavy (non-hydrogen) atoms. The summed E-state index contributed by atoms with van der Waals surface area (Å²) in [5.41, 5.74) is -0.291. The highest BCUT2D eigenvalue weighted by molar-refractivity contribution is 5.99. The van der Waals surface area contributed by atoms with E-state index >= 15 is 0 Å². The lowest BCUT2D eigenvalue weighted by atomic mass is 9.80. The van der Waals surface area contributed by atoms with Crippen molar-refractivity contribution in [3.05, 3.63) is 0 Å². The summed E-state index contributed by atoms with van der Waals surface area (Å²) in [6.07, 6.45) is 9.34. The molecule has 2 heterocycles. The summed E-state index contributed by atoms with van der Waals surface area (Å²) in [5, 5.41) is 0. The second-order valence-corrected chi connectivity index (χ2v) is 9.93. The normalized spacial score (nSPS) is 25.2. The van der Waals surface area contributed by atoms with E-state index in [1.165, 1.54) is 0 Å². The standard InChI is InChI=1S/C25H46N2O2/c1-9-13-24(14-10-2)22(18(5)6)26-20(28-24)17-21-27-23(19(7)8)25(29-21,15-11-3)16-12-4/h18-19,22-23H,9-17H2,1-8H3/t22-,23-/m1/s1. The zero-order valence-corrected chi connectivity index (χ0v) is 20.4. The molecule has 2 aliphatic rings. The van der Waals surface area contributed by atoms with Crippen LogP contribution in [-0.2, 0) is 9.47 Å². The predicted molar refractivity (Wildman–Crippen MR) is 124 cm³/mol. The van der Waals surface area contributed by atoms with Crippen molar-refractivity contribution in [2.75, 3.05) is 0 Å². The molecule has 168 valence electrons. The molecule has 0 saturated carbocycles. The van der Waals surface area contributed by atoms with Crippen LogP contribution in [0.15, 0.2) is 9.98 Å². The van der Waals surface area contributed by atoms with Gasteiger partial charge in [-0.25, -0.2) is 9.98 Å². The minimum Gasteiger partial charge on any atom is -0.472 e. The average Bonchev–Trinajstić information content (AvgIpc) is 3.15. The van der Waals surface area contributed by atoms with E-state index in [4.69, 9.17) is 19.5 Å². The lowest BCUT2D eigenvalue weighted by Gasteiger charge is -2.36. The Morgan fingerprint density at radius 1 is 0.655 bits per heavy atom. The molecule has 0 aliphatic carbocycles. The van der Waals surface area contributed by atoms with Gasteiger partial charge < -0.3 is 9.47 Å². The van der Waals surface area contributed by atoms with Gasteiger partial charge in [-0.05, 0) is 37.5 Å². The van der Waals surface area contributed by atoms with Gasteiger partial charge in [0.2, 0.25) is 0 Å². The lowest BCUT2D eigenvalue weighted by Crippen LogP contribution is -2.43. The Hall–Kier alpha value is -1.06. The summed E-state index contributed by atoms with van der Waals surface area (Å²) >= 11 is 0. The molecule has 0 spiro atoms. The van der Waals surface area contributed by atoms with Crippen LogP contribution in [0.25, 0.3) is 0 Å². The van der Waals surface area contributed by atoms with Crippen molar-refractivity contribution >= 4 is 11.8 Å². The van der Waals surface area contributed by atoms with Gasteiger partial charge >= 0.3 is 0 Å². The Labute approximate surface area is 180 Å². The van der Waals surface area contributed by atoms with Gasteiger partial charge in [0.25, 0.3) is 0 Å². The number of rotatable bonds is 12. The van der Waals surface area contributed by atoms with E-state index < -0.39 is 0 Å². The van der Waals surface area contributed by atoms with Gasteiger partial charge in [-0.2, -0.15) is 0 Å². The summed E-state index contributed by atoms with van der Waals surface area (Å²) in [7, 11) is 0. The van der Waals surface area contributed by atoms with Crippen LogP contribution in [0.4, 0.5) is 0 Å².